The molecule has 1 aromatic carbocycles. The zero-order chi connectivity index (χ0) is 11.8. The zero-order valence-electron chi connectivity index (χ0n) is 9.53. The van der Waals surface area contributed by atoms with Gasteiger partial charge >= 0.3 is 0 Å². The largest absolute Gasteiger partial charge is 0.493 e. The molecule has 1 amide bonds. The molecular weight excluding hydrogens is 202 g/mol. The summed E-state index contributed by atoms with van der Waals surface area (Å²) in [6.07, 6.45) is 2.01. The first-order valence-electron chi connectivity index (χ1n) is 5.29. The van der Waals surface area contributed by atoms with Gasteiger partial charge in [0.2, 0.25) is 5.91 Å². The molecule has 0 spiro atoms. The van der Waals surface area contributed by atoms with Crippen LogP contribution in [0.1, 0.15) is 12.0 Å². The Labute approximate surface area is 96.1 Å². The molecule has 16 heavy (non-hydrogen) atoms. The van der Waals surface area contributed by atoms with Gasteiger partial charge in [-0.05, 0) is 24.6 Å². The van der Waals surface area contributed by atoms with Crippen molar-refractivity contribution >= 4 is 5.91 Å². The highest BCUT2D eigenvalue weighted by Crippen LogP contribution is 2.12. The third-order valence-electron chi connectivity index (χ3n) is 2.03. The monoisotopic (exact) mass is 219 g/mol. The number of amides is 1. The van der Waals surface area contributed by atoms with E-state index in [1.165, 1.54) is 0 Å². The van der Waals surface area contributed by atoms with Crippen LogP contribution in [0.25, 0.3) is 0 Å². The van der Waals surface area contributed by atoms with E-state index in [0.717, 1.165) is 11.3 Å². The lowest BCUT2D eigenvalue weighted by atomic mass is 10.2. The normalized spacial score (nSPS) is 9.56. The fourth-order valence-electron chi connectivity index (χ4n) is 1.24. The first-order chi connectivity index (χ1) is 7.72. The van der Waals surface area contributed by atoms with Gasteiger partial charge in [-0.3, -0.25) is 4.79 Å². The second kappa shape index (κ2) is 6.67. The molecule has 3 nitrogen and oxygen atoms in total. The number of rotatable bonds is 6. The maximum absolute atomic E-state index is 11.2. The van der Waals surface area contributed by atoms with Gasteiger partial charge in [0.25, 0.3) is 0 Å². The number of hydrogen-bond acceptors (Lipinski definition) is 2. The molecule has 0 aliphatic carbocycles. The summed E-state index contributed by atoms with van der Waals surface area (Å²) < 4.78 is 5.45. The molecule has 0 saturated carbocycles. The van der Waals surface area contributed by atoms with E-state index in [1.54, 1.807) is 6.08 Å². The molecule has 0 unspecified atom stereocenters. The first kappa shape index (κ1) is 12.3. The van der Waals surface area contributed by atoms with Gasteiger partial charge in [0.05, 0.1) is 13.0 Å². The average molecular weight is 219 g/mol. The highest BCUT2D eigenvalue weighted by molar-refractivity contribution is 5.76. The Morgan fingerprint density at radius 3 is 3.06 bits per heavy atom. The minimum absolute atomic E-state index is 0.0208. The summed E-state index contributed by atoms with van der Waals surface area (Å²) in [4.78, 5) is 11.2. The summed E-state index contributed by atoms with van der Waals surface area (Å²) in [5, 5.41) is 2.69. The van der Waals surface area contributed by atoms with Crippen molar-refractivity contribution in [3.8, 4) is 5.75 Å². The number of carbonyl (C=O) groups excluding carboxylic acids is 1. The number of hydrogen-bond donors (Lipinski definition) is 1. The molecule has 0 saturated heterocycles. The van der Waals surface area contributed by atoms with Gasteiger partial charge in [-0.25, -0.2) is 0 Å². The summed E-state index contributed by atoms with van der Waals surface area (Å²) in [5.41, 5.74) is 1.15. The highest BCUT2D eigenvalue weighted by atomic mass is 16.5. The molecule has 0 bridgehead atoms. The van der Waals surface area contributed by atoms with Crippen LogP contribution in [0.2, 0.25) is 0 Å². The van der Waals surface area contributed by atoms with Gasteiger partial charge < -0.3 is 10.1 Å². The van der Waals surface area contributed by atoms with Gasteiger partial charge in [0, 0.05) is 6.54 Å². The van der Waals surface area contributed by atoms with E-state index < -0.39 is 0 Å². The van der Waals surface area contributed by atoms with Gasteiger partial charge in [-0.2, -0.15) is 0 Å². The van der Waals surface area contributed by atoms with Crippen molar-refractivity contribution in [1.82, 2.24) is 5.32 Å². The molecule has 0 fully saturated rings. The number of carbonyl (C=O) groups is 1. The van der Waals surface area contributed by atoms with E-state index in [1.807, 2.05) is 31.2 Å². The highest BCUT2D eigenvalue weighted by Gasteiger charge is 2.00. The first-order valence-corrected chi connectivity index (χ1v) is 5.29. The number of aryl methyl sites for hydroxylation is 1. The van der Waals surface area contributed by atoms with Gasteiger partial charge in [-0.15, -0.1) is 6.58 Å². The maximum atomic E-state index is 11.2. The predicted molar refractivity (Wildman–Crippen MR) is 64.5 cm³/mol. The van der Waals surface area contributed by atoms with Crippen LogP contribution < -0.4 is 10.1 Å². The Morgan fingerprint density at radius 2 is 2.38 bits per heavy atom. The van der Waals surface area contributed by atoms with Crippen LogP contribution in [0.5, 0.6) is 5.75 Å². The predicted octanol–water partition coefficient (Wildman–Crippen LogP) is 2.07. The molecular formula is C13H17NO2. The van der Waals surface area contributed by atoms with Gasteiger partial charge in [-0.1, -0.05) is 18.2 Å². The van der Waals surface area contributed by atoms with Crippen molar-refractivity contribution in [2.45, 2.75) is 13.3 Å². The Balaban J connectivity index is 2.25. The van der Waals surface area contributed by atoms with Crippen molar-refractivity contribution in [2.75, 3.05) is 13.2 Å². The lowest BCUT2D eigenvalue weighted by molar-refractivity contribution is -0.121. The topological polar surface area (TPSA) is 38.3 Å². The van der Waals surface area contributed by atoms with E-state index in [2.05, 4.69) is 11.9 Å². The second-order valence-electron chi connectivity index (χ2n) is 3.51. The summed E-state index contributed by atoms with van der Waals surface area (Å²) in [5.74, 6) is 0.782. The lowest BCUT2D eigenvalue weighted by Crippen LogP contribution is -2.24. The molecule has 1 aromatic rings. The Bertz CT molecular complexity index is 361. The van der Waals surface area contributed by atoms with E-state index >= 15 is 0 Å². The number of benzene rings is 1. The molecule has 0 radical (unpaired) electrons. The minimum Gasteiger partial charge on any atom is -0.493 e. The molecule has 0 atom stereocenters. The Hall–Kier alpha value is -1.77. The molecule has 1 N–H and O–H groups in total. The lowest BCUT2D eigenvalue weighted by Gasteiger charge is -2.06. The second-order valence-corrected chi connectivity index (χ2v) is 3.51. The molecule has 0 aliphatic heterocycles. The number of nitrogens with one attached hydrogen (secondary N) is 1. The quantitative estimate of drug-likeness (QED) is 0.744. The van der Waals surface area contributed by atoms with E-state index in [4.69, 9.17) is 4.74 Å². The summed E-state index contributed by atoms with van der Waals surface area (Å²) in [6.45, 7) is 6.43. The van der Waals surface area contributed by atoms with Crippen molar-refractivity contribution in [2.24, 2.45) is 0 Å². The molecule has 0 aromatic heterocycles. The van der Waals surface area contributed by atoms with Crippen LogP contribution in [0.15, 0.2) is 36.9 Å². The Kier molecular flexibility index (Phi) is 5.12. The smallest absolute Gasteiger partial charge is 0.223 e. The van der Waals surface area contributed by atoms with E-state index in [0.29, 0.717) is 19.6 Å². The maximum Gasteiger partial charge on any atom is 0.223 e. The van der Waals surface area contributed by atoms with Crippen LogP contribution in [0, 0.1) is 6.92 Å². The van der Waals surface area contributed by atoms with Crippen molar-refractivity contribution in [3.05, 3.63) is 42.5 Å². The van der Waals surface area contributed by atoms with Crippen molar-refractivity contribution in [1.29, 1.82) is 0 Å². The SMILES string of the molecule is C=CCNC(=O)CCOc1cccc(C)c1. The molecule has 3 heteroatoms. The van der Waals surface area contributed by atoms with Crippen LogP contribution in [-0.2, 0) is 4.79 Å². The van der Waals surface area contributed by atoms with Gasteiger partial charge in [0.15, 0.2) is 0 Å². The molecule has 86 valence electrons. The molecule has 1 rings (SSSR count). The average Bonchev–Trinajstić information content (AvgIpc) is 2.26. The third-order valence-corrected chi connectivity index (χ3v) is 2.03. The minimum atomic E-state index is -0.0208. The van der Waals surface area contributed by atoms with Crippen LogP contribution in [0.4, 0.5) is 0 Å². The summed E-state index contributed by atoms with van der Waals surface area (Å²) >= 11 is 0. The summed E-state index contributed by atoms with van der Waals surface area (Å²) in [6, 6.07) is 7.77. The molecule has 0 aliphatic rings. The fourth-order valence-corrected chi connectivity index (χ4v) is 1.24. The third kappa shape index (κ3) is 4.64. The van der Waals surface area contributed by atoms with Crippen molar-refractivity contribution in [3.63, 3.8) is 0 Å². The van der Waals surface area contributed by atoms with Crippen LogP contribution in [-0.4, -0.2) is 19.1 Å². The fraction of sp³-hybridized carbons (Fsp3) is 0.308. The van der Waals surface area contributed by atoms with Crippen molar-refractivity contribution < 1.29 is 9.53 Å². The van der Waals surface area contributed by atoms with Gasteiger partial charge in [0.1, 0.15) is 5.75 Å². The standard InChI is InChI=1S/C13H17NO2/c1-3-8-14-13(15)7-9-16-12-6-4-5-11(2)10-12/h3-6,10H,1,7-9H2,2H3,(H,14,15). The number of ether oxygens (including phenoxy) is 1. The Morgan fingerprint density at radius 1 is 1.56 bits per heavy atom. The molecule has 0 heterocycles. The van der Waals surface area contributed by atoms with Crippen LogP contribution in [0.3, 0.4) is 0 Å². The van der Waals surface area contributed by atoms with Crippen LogP contribution >= 0.6 is 0 Å². The van der Waals surface area contributed by atoms with E-state index in [9.17, 15) is 4.79 Å². The zero-order valence-corrected chi connectivity index (χ0v) is 9.53. The summed E-state index contributed by atoms with van der Waals surface area (Å²) in [7, 11) is 0. The van der Waals surface area contributed by atoms with E-state index in [-0.39, 0.29) is 5.91 Å².